The second kappa shape index (κ2) is 6.73. The van der Waals surface area contributed by atoms with E-state index in [9.17, 15) is 17.6 Å². The van der Waals surface area contributed by atoms with Crippen LogP contribution in [0.25, 0.3) is 0 Å². The molecular formula is C20H21FN2O3S. The summed E-state index contributed by atoms with van der Waals surface area (Å²) in [6, 6.07) is 10.5. The minimum Gasteiger partial charge on any atom is -0.312 e. The Morgan fingerprint density at radius 1 is 1.19 bits per heavy atom. The van der Waals surface area contributed by atoms with Crippen LogP contribution in [0.5, 0.6) is 0 Å². The fourth-order valence-corrected chi connectivity index (χ4v) is 4.94. The van der Waals surface area contributed by atoms with Crippen molar-refractivity contribution in [2.75, 3.05) is 11.4 Å². The van der Waals surface area contributed by atoms with Crippen LogP contribution in [0.1, 0.15) is 36.9 Å². The van der Waals surface area contributed by atoms with Gasteiger partial charge in [-0.2, -0.15) is 0 Å². The average molecular weight is 388 g/mol. The first-order valence-corrected chi connectivity index (χ1v) is 10.5. The summed E-state index contributed by atoms with van der Waals surface area (Å²) >= 11 is 0. The lowest BCUT2D eigenvalue weighted by atomic mass is 10.0. The molecule has 5 nitrogen and oxygen atoms in total. The Labute approximate surface area is 158 Å². The minimum absolute atomic E-state index is 0.0987. The summed E-state index contributed by atoms with van der Waals surface area (Å²) in [4.78, 5) is 13.5. The lowest BCUT2D eigenvalue weighted by Gasteiger charge is -2.20. The third-order valence-corrected chi connectivity index (χ3v) is 6.69. The van der Waals surface area contributed by atoms with Gasteiger partial charge in [-0.15, -0.1) is 0 Å². The van der Waals surface area contributed by atoms with Gasteiger partial charge in [-0.25, -0.2) is 17.5 Å². The van der Waals surface area contributed by atoms with E-state index in [1.807, 2.05) is 0 Å². The number of rotatable bonds is 5. The number of sulfonamides is 1. The maximum Gasteiger partial charge on any atom is 0.241 e. The normalized spacial score (nSPS) is 17.6. The predicted molar refractivity (Wildman–Crippen MR) is 100 cm³/mol. The zero-order valence-electron chi connectivity index (χ0n) is 15.0. The molecule has 2 aliphatic rings. The molecule has 1 N–H and O–H groups in total. The van der Waals surface area contributed by atoms with Crippen molar-refractivity contribution in [1.82, 2.24) is 4.72 Å². The van der Waals surface area contributed by atoms with Crippen molar-refractivity contribution in [2.45, 2.75) is 37.1 Å². The number of halogens is 1. The van der Waals surface area contributed by atoms with Crippen molar-refractivity contribution < 1.29 is 17.6 Å². The van der Waals surface area contributed by atoms with Crippen molar-refractivity contribution >= 4 is 21.6 Å². The molecule has 1 heterocycles. The molecule has 0 aromatic heterocycles. The summed E-state index contributed by atoms with van der Waals surface area (Å²) < 4.78 is 42.0. The highest BCUT2D eigenvalue weighted by atomic mass is 32.2. The molecule has 1 atom stereocenters. The first-order chi connectivity index (χ1) is 12.8. The molecule has 1 amide bonds. The van der Waals surface area contributed by atoms with Crippen molar-refractivity contribution in [3.8, 4) is 0 Å². The molecule has 1 unspecified atom stereocenters. The summed E-state index contributed by atoms with van der Waals surface area (Å²) in [7, 11) is -3.78. The highest BCUT2D eigenvalue weighted by Crippen LogP contribution is 2.42. The Kier molecular flexibility index (Phi) is 4.52. The average Bonchev–Trinajstić information content (AvgIpc) is 3.38. The van der Waals surface area contributed by atoms with E-state index in [0.717, 1.165) is 30.4 Å². The third kappa shape index (κ3) is 3.61. The number of hydrogen-bond donors (Lipinski definition) is 1. The Hall–Kier alpha value is -2.25. The largest absolute Gasteiger partial charge is 0.312 e. The molecule has 0 saturated heterocycles. The fraction of sp³-hybridized carbons (Fsp3) is 0.350. The van der Waals surface area contributed by atoms with E-state index in [0.29, 0.717) is 12.2 Å². The SMILES string of the molecule is CC(=O)N1CCc2ccc(S(=O)(=O)NC(c3ccc(F)cc3)C3CC3)cc21. The first kappa shape index (κ1) is 18.1. The van der Waals surface area contributed by atoms with E-state index in [4.69, 9.17) is 0 Å². The van der Waals surface area contributed by atoms with Crippen molar-refractivity contribution in [2.24, 2.45) is 5.92 Å². The van der Waals surface area contributed by atoms with Gasteiger partial charge in [0, 0.05) is 25.2 Å². The van der Waals surface area contributed by atoms with Crippen LogP contribution >= 0.6 is 0 Å². The molecule has 142 valence electrons. The van der Waals surface area contributed by atoms with E-state index in [2.05, 4.69) is 4.72 Å². The number of anilines is 1. The van der Waals surface area contributed by atoms with Crippen LogP contribution in [-0.2, 0) is 21.2 Å². The number of carbonyl (C=O) groups is 1. The molecule has 1 aliphatic heterocycles. The number of nitrogens with one attached hydrogen (secondary N) is 1. The summed E-state index contributed by atoms with van der Waals surface area (Å²) in [5.74, 6) is -0.231. The maximum atomic E-state index is 13.2. The monoisotopic (exact) mass is 388 g/mol. The Morgan fingerprint density at radius 3 is 2.52 bits per heavy atom. The number of benzene rings is 2. The molecule has 2 aromatic carbocycles. The van der Waals surface area contributed by atoms with Gasteiger partial charge in [0.2, 0.25) is 15.9 Å². The van der Waals surface area contributed by atoms with Crippen LogP contribution in [0.15, 0.2) is 47.4 Å². The minimum atomic E-state index is -3.78. The van der Waals surface area contributed by atoms with Crippen molar-refractivity contribution in [3.05, 3.63) is 59.4 Å². The molecule has 7 heteroatoms. The molecule has 0 bridgehead atoms. The van der Waals surface area contributed by atoms with Crippen molar-refractivity contribution in [3.63, 3.8) is 0 Å². The van der Waals surface area contributed by atoms with Crippen molar-refractivity contribution in [1.29, 1.82) is 0 Å². The van der Waals surface area contributed by atoms with Crippen LogP contribution in [0.3, 0.4) is 0 Å². The molecule has 4 rings (SSSR count). The zero-order valence-corrected chi connectivity index (χ0v) is 15.8. The zero-order chi connectivity index (χ0) is 19.2. The van der Waals surface area contributed by atoms with Crippen LogP contribution in [-0.4, -0.2) is 20.9 Å². The fourth-order valence-electron chi connectivity index (χ4n) is 3.62. The van der Waals surface area contributed by atoms with Gasteiger partial charge in [-0.05, 0) is 60.6 Å². The maximum absolute atomic E-state index is 13.2. The van der Waals surface area contributed by atoms with Gasteiger partial charge >= 0.3 is 0 Å². The smallest absolute Gasteiger partial charge is 0.241 e. The van der Waals surface area contributed by atoms with E-state index >= 15 is 0 Å². The standard InChI is InChI=1S/C20H21FN2O3S/c1-13(24)23-11-10-14-6-9-18(12-19(14)23)27(25,26)22-20(15-2-3-15)16-4-7-17(21)8-5-16/h4-9,12,15,20,22H,2-3,10-11H2,1H3. The van der Waals surface area contributed by atoms with E-state index in [1.165, 1.54) is 19.1 Å². The number of hydrogen-bond acceptors (Lipinski definition) is 3. The van der Waals surface area contributed by atoms with E-state index < -0.39 is 10.0 Å². The van der Waals surface area contributed by atoms with Crippen LogP contribution in [0.2, 0.25) is 0 Å². The third-order valence-electron chi connectivity index (χ3n) is 5.25. The summed E-state index contributed by atoms with van der Waals surface area (Å²) in [5.41, 5.74) is 2.39. The number of nitrogens with zero attached hydrogens (tertiary/aromatic N) is 1. The molecular weight excluding hydrogens is 367 g/mol. The van der Waals surface area contributed by atoms with Gasteiger partial charge < -0.3 is 4.90 Å². The Balaban J connectivity index is 1.64. The lowest BCUT2D eigenvalue weighted by Crippen LogP contribution is -2.30. The molecule has 27 heavy (non-hydrogen) atoms. The van der Waals surface area contributed by atoms with Gasteiger partial charge in [0.25, 0.3) is 0 Å². The summed E-state index contributed by atoms with van der Waals surface area (Å²) in [6.45, 7) is 2.05. The van der Waals surface area contributed by atoms with Gasteiger partial charge in [-0.3, -0.25) is 4.79 Å². The van der Waals surface area contributed by atoms with Gasteiger partial charge in [0.1, 0.15) is 5.82 Å². The molecule has 1 fully saturated rings. The van der Waals surface area contributed by atoms with E-state index in [1.54, 1.807) is 35.2 Å². The van der Waals surface area contributed by atoms with Gasteiger partial charge in [-0.1, -0.05) is 18.2 Å². The van der Waals surface area contributed by atoms with Crippen LogP contribution < -0.4 is 9.62 Å². The highest BCUT2D eigenvalue weighted by Gasteiger charge is 2.36. The molecule has 1 saturated carbocycles. The quantitative estimate of drug-likeness (QED) is 0.856. The Morgan fingerprint density at radius 2 is 1.89 bits per heavy atom. The molecule has 2 aromatic rings. The van der Waals surface area contributed by atoms with Crippen LogP contribution in [0.4, 0.5) is 10.1 Å². The molecule has 0 radical (unpaired) electrons. The number of carbonyl (C=O) groups excluding carboxylic acids is 1. The summed E-state index contributed by atoms with van der Waals surface area (Å²) in [5, 5.41) is 0. The Bertz CT molecular complexity index is 985. The second-order valence-corrected chi connectivity index (χ2v) is 8.91. The number of fused-ring (bicyclic) bond motifs is 1. The predicted octanol–water partition coefficient (Wildman–Crippen LogP) is 3.16. The molecule has 1 aliphatic carbocycles. The van der Waals surface area contributed by atoms with Crippen LogP contribution in [0, 0.1) is 11.7 Å². The lowest BCUT2D eigenvalue weighted by molar-refractivity contribution is -0.116. The number of amides is 1. The highest BCUT2D eigenvalue weighted by molar-refractivity contribution is 7.89. The summed E-state index contributed by atoms with van der Waals surface area (Å²) in [6.07, 6.45) is 2.60. The topological polar surface area (TPSA) is 66.5 Å². The molecule has 0 spiro atoms. The van der Waals surface area contributed by atoms with Gasteiger partial charge in [0.05, 0.1) is 4.90 Å². The first-order valence-electron chi connectivity index (χ1n) is 9.04. The van der Waals surface area contributed by atoms with Gasteiger partial charge in [0.15, 0.2) is 0 Å². The van der Waals surface area contributed by atoms with E-state index in [-0.39, 0.29) is 28.6 Å². The second-order valence-electron chi connectivity index (χ2n) is 7.20.